The van der Waals surface area contributed by atoms with Gasteiger partial charge in [-0.1, -0.05) is 24.8 Å². The molecule has 0 saturated carbocycles. The molecule has 4 heteroatoms. The van der Waals surface area contributed by atoms with Gasteiger partial charge >= 0.3 is 0 Å². The lowest BCUT2D eigenvalue weighted by Gasteiger charge is -2.11. The fraction of sp³-hybridized carbons (Fsp3) is 0.0588. The quantitative estimate of drug-likeness (QED) is 0.539. The van der Waals surface area contributed by atoms with Gasteiger partial charge in [0.25, 0.3) is 5.91 Å². The van der Waals surface area contributed by atoms with Crippen LogP contribution in [0.5, 0.6) is 5.75 Å². The molecule has 0 saturated heterocycles. The first kappa shape index (κ1) is 11.9. The van der Waals surface area contributed by atoms with Gasteiger partial charge in [-0.3, -0.25) is 9.36 Å². The molecule has 0 aliphatic carbocycles. The molecule has 3 aromatic rings. The van der Waals surface area contributed by atoms with Crippen LogP contribution in [-0.4, -0.2) is 22.1 Å². The Kier molecular flexibility index (Phi) is 2.44. The van der Waals surface area contributed by atoms with E-state index in [4.69, 9.17) is 4.74 Å². The predicted octanol–water partition coefficient (Wildman–Crippen LogP) is 3.27. The number of para-hydroxylation sites is 1. The molecule has 0 unspecified atom stereocenters. The summed E-state index contributed by atoms with van der Waals surface area (Å²) in [6, 6.07) is 11.4. The van der Waals surface area contributed by atoms with E-state index in [0.717, 1.165) is 16.6 Å². The van der Waals surface area contributed by atoms with Crippen LogP contribution >= 0.6 is 0 Å². The third kappa shape index (κ3) is 1.56. The van der Waals surface area contributed by atoms with E-state index in [1.165, 1.54) is 0 Å². The SMILES string of the molecule is C=CCOc1c2c(nc3ccccc13)-c1cccn1C2=O. The van der Waals surface area contributed by atoms with Gasteiger partial charge in [0.1, 0.15) is 23.6 Å². The van der Waals surface area contributed by atoms with Crippen molar-refractivity contribution in [2.45, 2.75) is 0 Å². The third-order valence-electron chi connectivity index (χ3n) is 3.61. The van der Waals surface area contributed by atoms with E-state index in [-0.39, 0.29) is 5.91 Å². The highest BCUT2D eigenvalue weighted by molar-refractivity contribution is 6.13. The summed E-state index contributed by atoms with van der Waals surface area (Å²) in [5.74, 6) is 0.492. The first-order chi connectivity index (χ1) is 10.3. The standard InChI is InChI=1S/C17H12N2O2/c1-2-10-21-16-11-6-3-4-7-12(11)18-15-13-8-5-9-19(13)17(20)14(15)16/h2-9H,1,10H2. The van der Waals surface area contributed by atoms with E-state index >= 15 is 0 Å². The van der Waals surface area contributed by atoms with Crippen LogP contribution in [-0.2, 0) is 0 Å². The van der Waals surface area contributed by atoms with Gasteiger partial charge in [-0.2, -0.15) is 0 Å². The Balaban J connectivity index is 2.08. The number of fused-ring (bicyclic) bond motifs is 4. The van der Waals surface area contributed by atoms with E-state index in [0.29, 0.717) is 23.6 Å². The van der Waals surface area contributed by atoms with Crippen LogP contribution in [0.25, 0.3) is 22.3 Å². The van der Waals surface area contributed by atoms with Gasteiger partial charge in [-0.25, -0.2) is 4.98 Å². The maximum absolute atomic E-state index is 12.6. The number of pyridine rings is 1. The van der Waals surface area contributed by atoms with Gasteiger partial charge in [0, 0.05) is 11.6 Å². The van der Waals surface area contributed by atoms with Crippen molar-refractivity contribution in [2.75, 3.05) is 6.61 Å². The fourth-order valence-corrected chi connectivity index (χ4v) is 2.73. The van der Waals surface area contributed by atoms with Gasteiger partial charge in [0.05, 0.1) is 11.2 Å². The van der Waals surface area contributed by atoms with Crippen LogP contribution in [0.2, 0.25) is 0 Å². The molecule has 0 bridgehead atoms. The van der Waals surface area contributed by atoms with Crippen molar-refractivity contribution < 1.29 is 9.53 Å². The highest BCUT2D eigenvalue weighted by atomic mass is 16.5. The zero-order valence-electron chi connectivity index (χ0n) is 11.2. The summed E-state index contributed by atoms with van der Waals surface area (Å²) in [7, 11) is 0. The first-order valence-electron chi connectivity index (χ1n) is 6.70. The molecule has 0 spiro atoms. The molecule has 1 aliphatic rings. The number of nitrogens with zero attached hydrogens (tertiary/aromatic N) is 2. The number of rotatable bonds is 3. The van der Waals surface area contributed by atoms with E-state index in [1.807, 2.05) is 36.4 Å². The number of hydrogen-bond donors (Lipinski definition) is 0. The zero-order valence-corrected chi connectivity index (χ0v) is 11.2. The molecule has 1 aromatic carbocycles. The van der Waals surface area contributed by atoms with Crippen molar-refractivity contribution in [2.24, 2.45) is 0 Å². The van der Waals surface area contributed by atoms with E-state index in [1.54, 1.807) is 16.8 Å². The number of benzene rings is 1. The summed E-state index contributed by atoms with van der Waals surface area (Å²) >= 11 is 0. The molecule has 102 valence electrons. The lowest BCUT2D eigenvalue weighted by atomic mass is 10.1. The van der Waals surface area contributed by atoms with Gasteiger partial charge in [0.15, 0.2) is 0 Å². The van der Waals surface area contributed by atoms with Crippen LogP contribution in [0.15, 0.2) is 55.3 Å². The number of carbonyl (C=O) groups excluding carboxylic acids is 1. The summed E-state index contributed by atoms with van der Waals surface area (Å²) in [4.78, 5) is 17.2. The van der Waals surface area contributed by atoms with Crippen LogP contribution in [0.4, 0.5) is 0 Å². The van der Waals surface area contributed by atoms with Gasteiger partial charge in [0.2, 0.25) is 0 Å². The predicted molar refractivity (Wildman–Crippen MR) is 80.6 cm³/mol. The van der Waals surface area contributed by atoms with Gasteiger partial charge in [-0.05, 0) is 24.3 Å². The maximum Gasteiger partial charge on any atom is 0.268 e. The largest absolute Gasteiger partial charge is 0.488 e. The molecule has 0 radical (unpaired) electrons. The average Bonchev–Trinajstić information content (AvgIpc) is 3.08. The lowest BCUT2D eigenvalue weighted by molar-refractivity contribution is 0.0966. The van der Waals surface area contributed by atoms with Crippen LogP contribution in [0, 0.1) is 0 Å². The highest BCUT2D eigenvalue weighted by Gasteiger charge is 2.32. The van der Waals surface area contributed by atoms with Crippen LogP contribution in [0.1, 0.15) is 10.4 Å². The Morgan fingerprint density at radius 1 is 1.24 bits per heavy atom. The Hall–Kier alpha value is -2.88. The topological polar surface area (TPSA) is 44.1 Å². The summed E-state index contributed by atoms with van der Waals surface area (Å²) in [5.41, 5.74) is 2.84. The molecule has 21 heavy (non-hydrogen) atoms. The monoisotopic (exact) mass is 276 g/mol. The number of aromatic nitrogens is 2. The lowest BCUT2D eigenvalue weighted by Crippen LogP contribution is -2.08. The van der Waals surface area contributed by atoms with Crippen molar-refractivity contribution in [1.29, 1.82) is 0 Å². The van der Waals surface area contributed by atoms with Crippen molar-refractivity contribution in [3.8, 4) is 17.1 Å². The molecule has 1 aliphatic heterocycles. The molecular formula is C17H12N2O2. The molecule has 0 atom stereocenters. The van der Waals surface area contributed by atoms with E-state index < -0.39 is 0 Å². The molecule has 0 fully saturated rings. The van der Waals surface area contributed by atoms with E-state index in [9.17, 15) is 4.79 Å². The van der Waals surface area contributed by atoms with Gasteiger partial charge < -0.3 is 4.74 Å². The summed E-state index contributed by atoms with van der Waals surface area (Å²) < 4.78 is 7.40. The highest BCUT2D eigenvalue weighted by Crippen LogP contribution is 2.40. The minimum Gasteiger partial charge on any atom is -0.488 e. The minimum atomic E-state index is -0.0951. The summed E-state index contributed by atoms with van der Waals surface area (Å²) in [6.45, 7) is 4.02. The zero-order chi connectivity index (χ0) is 14.4. The Bertz CT molecular complexity index is 893. The Morgan fingerprint density at radius 2 is 2.10 bits per heavy atom. The normalized spacial score (nSPS) is 12.3. The molecule has 0 N–H and O–H groups in total. The fourth-order valence-electron chi connectivity index (χ4n) is 2.73. The second kappa shape index (κ2) is 4.31. The number of hydrogen-bond acceptors (Lipinski definition) is 3. The second-order valence-electron chi connectivity index (χ2n) is 4.85. The second-order valence-corrected chi connectivity index (χ2v) is 4.85. The number of ether oxygens (including phenoxy) is 1. The summed E-state index contributed by atoms with van der Waals surface area (Å²) in [6.07, 6.45) is 3.42. The third-order valence-corrected chi connectivity index (χ3v) is 3.61. The van der Waals surface area contributed by atoms with Crippen molar-refractivity contribution >= 4 is 16.8 Å². The van der Waals surface area contributed by atoms with Crippen LogP contribution in [0.3, 0.4) is 0 Å². The Morgan fingerprint density at radius 3 is 2.95 bits per heavy atom. The molecular weight excluding hydrogens is 264 g/mol. The molecule has 3 heterocycles. The molecule has 2 aromatic heterocycles. The summed E-state index contributed by atoms with van der Waals surface area (Å²) in [5, 5.41) is 0.845. The molecule has 4 nitrogen and oxygen atoms in total. The average molecular weight is 276 g/mol. The van der Waals surface area contributed by atoms with Gasteiger partial charge in [-0.15, -0.1) is 0 Å². The molecule has 4 rings (SSSR count). The van der Waals surface area contributed by atoms with E-state index in [2.05, 4.69) is 11.6 Å². The minimum absolute atomic E-state index is 0.0951. The first-order valence-corrected chi connectivity index (χ1v) is 6.70. The smallest absolute Gasteiger partial charge is 0.268 e. The molecule has 0 amide bonds. The Labute approximate surface area is 121 Å². The van der Waals surface area contributed by atoms with Crippen molar-refractivity contribution in [1.82, 2.24) is 9.55 Å². The van der Waals surface area contributed by atoms with Crippen LogP contribution < -0.4 is 4.74 Å². The maximum atomic E-state index is 12.6. The van der Waals surface area contributed by atoms with Crippen molar-refractivity contribution in [3.05, 3.63) is 60.8 Å². The van der Waals surface area contributed by atoms with Crippen molar-refractivity contribution in [3.63, 3.8) is 0 Å². The number of carbonyl (C=O) groups is 1.